The van der Waals surface area contributed by atoms with Gasteiger partial charge in [0.2, 0.25) is 0 Å². The van der Waals surface area contributed by atoms with Crippen molar-refractivity contribution in [2.45, 2.75) is 38.6 Å². The van der Waals surface area contributed by atoms with Crippen molar-refractivity contribution in [2.75, 3.05) is 6.54 Å². The van der Waals surface area contributed by atoms with E-state index in [-0.39, 0.29) is 6.42 Å². The fourth-order valence-corrected chi connectivity index (χ4v) is 1.84. The van der Waals surface area contributed by atoms with Gasteiger partial charge in [0.15, 0.2) is 0 Å². The number of carboxylic acid groups (broad SMARTS) is 1. The van der Waals surface area contributed by atoms with Gasteiger partial charge in [0.05, 0.1) is 0 Å². The summed E-state index contributed by atoms with van der Waals surface area (Å²) in [6.45, 7) is 2.65. The van der Waals surface area contributed by atoms with Gasteiger partial charge in [-0.3, -0.25) is 0 Å². The standard InChI is InChI=1S/C15H22N2O3/c1-2-3-7-10-16-15(20)17-13(14(18)19)11-12-8-5-4-6-9-12/h4-6,8-9,13H,2-3,7,10-11H2,1H3,(H,18,19)(H2,16,17,20)/t13-/m1/s1. The number of rotatable bonds is 8. The second kappa shape index (κ2) is 8.96. The number of urea groups is 1. The van der Waals surface area contributed by atoms with Gasteiger partial charge in [-0.25, -0.2) is 9.59 Å². The van der Waals surface area contributed by atoms with Gasteiger partial charge in [-0.2, -0.15) is 0 Å². The van der Waals surface area contributed by atoms with Crippen LogP contribution in [0.25, 0.3) is 0 Å². The number of hydrogen-bond acceptors (Lipinski definition) is 2. The first-order valence-electron chi connectivity index (χ1n) is 6.94. The Balaban J connectivity index is 2.43. The molecular formula is C15H22N2O3. The minimum Gasteiger partial charge on any atom is -0.480 e. The molecule has 0 fully saturated rings. The first-order valence-corrected chi connectivity index (χ1v) is 6.94. The third kappa shape index (κ3) is 6.22. The van der Waals surface area contributed by atoms with Gasteiger partial charge in [0, 0.05) is 13.0 Å². The second-order valence-electron chi connectivity index (χ2n) is 4.69. The molecule has 1 atom stereocenters. The third-order valence-corrected chi connectivity index (χ3v) is 2.95. The maximum atomic E-state index is 11.6. The minimum atomic E-state index is -1.03. The van der Waals surface area contributed by atoms with E-state index in [4.69, 9.17) is 5.11 Å². The van der Waals surface area contributed by atoms with Crippen molar-refractivity contribution in [2.24, 2.45) is 0 Å². The molecule has 0 aliphatic carbocycles. The van der Waals surface area contributed by atoms with Gasteiger partial charge in [0.1, 0.15) is 6.04 Å². The summed E-state index contributed by atoms with van der Waals surface area (Å²) in [5.74, 6) is -1.03. The first-order chi connectivity index (χ1) is 9.63. The van der Waals surface area contributed by atoms with Crippen LogP contribution in [0.3, 0.4) is 0 Å². The summed E-state index contributed by atoms with van der Waals surface area (Å²) in [4.78, 5) is 22.8. The lowest BCUT2D eigenvalue weighted by atomic mass is 10.1. The maximum Gasteiger partial charge on any atom is 0.326 e. The molecule has 0 bridgehead atoms. The third-order valence-electron chi connectivity index (χ3n) is 2.95. The summed E-state index contributed by atoms with van der Waals surface area (Å²) in [6, 6.07) is 7.91. The summed E-state index contributed by atoms with van der Waals surface area (Å²) in [7, 11) is 0. The highest BCUT2D eigenvalue weighted by atomic mass is 16.4. The van der Waals surface area contributed by atoms with Crippen molar-refractivity contribution in [3.8, 4) is 0 Å². The zero-order valence-electron chi connectivity index (χ0n) is 11.8. The Labute approximate surface area is 119 Å². The van der Waals surface area contributed by atoms with Crippen LogP contribution in [0.5, 0.6) is 0 Å². The number of aliphatic carboxylic acids is 1. The zero-order chi connectivity index (χ0) is 14.8. The van der Waals surface area contributed by atoms with E-state index in [0.29, 0.717) is 6.54 Å². The lowest BCUT2D eigenvalue weighted by molar-refractivity contribution is -0.139. The normalized spacial score (nSPS) is 11.7. The van der Waals surface area contributed by atoms with E-state index in [1.54, 1.807) is 0 Å². The van der Waals surface area contributed by atoms with Crippen LogP contribution >= 0.6 is 0 Å². The molecule has 110 valence electrons. The fraction of sp³-hybridized carbons (Fsp3) is 0.467. The fourth-order valence-electron chi connectivity index (χ4n) is 1.84. The van der Waals surface area contributed by atoms with Gasteiger partial charge in [-0.05, 0) is 12.0 Å². The molecule has 20 heavy (non-hydrogen) atoms. The molecule has 0 radical (unpaired) electrons. The lowest BCUT2D eigenvalue weighted by Crippen LogP contribution is -2.47. The largest absolute Gasteiger partial charge is 0.480 e. The Morgan fingerprint density at radius 3 is 2.50 bits per heavy atom. The Kier molecular flexibility index (Phi) is 7.17. The molecule has 0 aromatic heterocycles. The smallest absolute Gasteiger partial charge is 0.326 e. The van der Waals surface area contributed by atoms with Crippen LogP contribution in [0.2, 0.25) is 0 Å². The summed E-state index contributed by atoms with van der Waals surface area (Å²) in [5, 5.41) is 14.3. The summed E-state index contributed by atoms with van der Waals surface area (Å²) in [5.41, 5.74) is 0.881. The van der Waals surface area contributed by atoms with E-state index in [2.05, 4.69) is 17.6 Å². The number of unbranched alkanes of at least 4 members (excludes halogenated alkanes) is 2. The first kappa shape index (κ1) is 16.0. The van der Waals surface area contributed by atoms with Gasteiger partial charge in [0.25, 0.3) is 0 Å². The van der Waals surface area contributed by atoms with E-state index in [1.165, 1.54) is 0 Å². The summed E-state index contributed by atoms with van der Waals surface area (Å²) in [6.07, 6.45) is 3.31. The van der Waals surface area contributed by atoms with Gasteiger partial charge in [-0.15, -0.1) is 0 Å². The molecule has 0 heterocycles. The van der Waals surface area contributed by atoms with Crippen molar-refractivity contribution < 1.29 is 14.7 Å². The second-order valence-corrected chi connectivity index (χ2v) is 4.69. The van der Waals surface area contributed by atoms with Gasteiger partial charge >= 0.3 is 12.0 Å². The quantitative estimate of drug-likeness (QED) is 0.638. The number of carbonyl (C=O) groups is 2. The highest BCUT2D eigenvalue weighted by Crippen LogP contribution is 2.03. The zero-order valence-corrected chi connectivity index (χ0v) is 11.8. The minimum absolute atomic E-state index is 0.276. The molecule has 0 aliphatic heterocycles. The maximum absolute atomic E-state index is 11.6. The molecule has 0 aliphatic rings. The summed E-state index contributed by atoms with van der Waals surface area (Å²) < 4.78 is 0. The van der Waals surface area contributed by atoms with Crippen molar-refractivity contribution in [1.29, 1.82) is 0 Å². The molecule has 0 saturated heterocycles. The van der Waals surface area contributed by atoms with Crippen molar-refractivity contribution in [3.05, 3.63) is 35.9 Å². The number of hydrogen-bond donors (Lipinski definition) is 3. The van der Waals surface area contributed by atoms with Gasteiger partial charge < -0.3 is 15.7 Å². The van der Waals surface area contributed by atoms with Crippen LogP contribution in [0, 0.1) is 0 Å². The van der Waals surface area contributed by atoms with Crippen LogP contribution in [0.15, 0.2) is 30.3 Å². The predicted octanol–water partition coefficient (Wildman–Crippen LogP) is 2.17. The van der Waals surface area contributed by atoms with Crippen molar-refractivity contribution >= 4 is 12.0 Å². The highest BCUT2D eigenvalue weighted by Gasteiger charge is 2.19. The van der Waals surface area contributed by atoms with Crippen molar-refractivity contribution in [3.63, 3.8) is 0 Å². The van der Waals surface area contributed by atoms with Crippen LogP contribution in [-0.2, 0) is 11.2 Å². The molecule has 5 heteroatoms. The lowest BCUT2D eigenvalue weighted by Gasteiger charge is -2.15. The van der Waals surface area contributed by atoms with Crippen LogP contribution in [0.1, 0.15) is 31.7 Å². The average Bonchev–Trinajstić information content (AvgIpc) is 2.44. The van der Waals surface area contributed by atoms with E-state index < -0.39 is 18.0 Å². The molecule has 2 amide bonds. The van der Waals surface area contributed by atoms with Crippen LogP contribution in [0.4, 0.5) is 4.79 Å². The monoisotopic (exact) mass is 278 g/mol. The SMILES string of the molecule is CCCCCNC(=O)N[C@H](Cc1ccccc1)C(=O)O. The predicted molar refractivity (Wildman–Crippen MR) is 77.6 cm³/mol. The van der Waals surface area contributed by atoms with E-state index in [9.17, 15) is 9.59 Å². The van der Waals surface area contributed by atoms with Gasteiger partial charge in [-0.1, -0.05) is 50.1 Å². The molecule has 0 saturated carbocycles. The molecule has 1 aromatic carbocycles. The Hall–Kier alpha value is -2.04. The number of benzene rings is 1. The number of amides is 2. The summed E-state index contributed by atoms with van der Waals surface area (Å²) >= 11 is 0. The average molecular weight is 278 g/mol. The molecule has 0 unspecified atom stereocenters. The molecule has 5 nitrogen and oxygen atoms in total. The highest BCUT2D eigenvalue weighted by molar-refractivity contribution is 5.82. The molecule has 3 N–H and O–H groups in total. The Bertz CT molecular complexity index is 420. The molecular weight excluding hydrogens is 256 g/mol. The van der Waals surface area contributed by atoms with Crippen LogP contribution < -0.4 is 10.6 Å². The molecule has 1 aromatic rings. The molecule has 1 rings (SSSR count). The van der Waals surface area contributed by atoms with E-state index in [1.807, 2.05) is 30.3 Å². The molecule has 0 spiro atoms. The van der Waals surface area contributed by atoms with Crippen molar-refractivity contribution in [1.82, 2.24) is 10.6 Å². The Morgan fingerprint density at radius 2 is 1.90 bits per heavy atom. The Morgan fingerprint density at radius 1 is 1.20 bits per heavy atom. The van der Waals surface area contributed by atoms with Crippen LogP contribution in [-0.4, -0.2) is 29.7 Å². The number of nitrogens with one attached hydrogen (secondary N) is 2. The van der Waals surface area contributed by atoms with E-state index >= 15 is 0 Å². The topological polar surface area (TPSA) is 78.4 Å². The number of carboxylic acids is 1. The number of carbonyl (C=O) groups excluding carboxylic acids is 1. The van der Waals surface area contributed by atoms with E-state index in [0.717, 1.165) is 24.8 Å².